The zero-order valence-corrected chi connectivity index (χ0v) is 13.9. The molecule has 21 heavy (non-hydrogen) atoms. The summed E-state index contributed by atoms with van der Waals surface area (Å²) in [7, 11) is 0. The molecule has 0 saturated carbocycles. The second kappa shape index (κ2) is 5.90. The number of hydrogen-bond acceptors (Lipinski definition) is 2. The lowest BCUT2D eigenvalue weighted by molar-refractivity contribution is 0.102. The van der Waals surface area contributed by atoms with Gasteiger partial charge >= 0.3 is 0 Å². The van der Waals surface area contributed by atoms with Crippen LogP contribution in [0.3, 0.4) is 0 Å². The standard InChI is InChI=1S/C17H18BrNO2/c1-17(2,3)13-6-4-5-7-14(13)19-16(21)12-9-8-11(18)10-15(12)20/h4-10,20H,1-3H3,(H,19,21). The largest absolute Gasteiger partial charge is 0.507 e. The van der Waals surface area contributed by atoms with Crippen molar-refractivity contribution in [3.05, 3.63) is 58.1 Å². The minimum atomic E-state index is -0.322. The molecule has 0 atom stereocenters. The zero-order chi connectivity index (χ0) is 15.6. The lowest BCUT2D eigenvalue weighted by atomic mass is 9.86. The van der Waals surface area contributed by atoms with Crippen LogP contribution in [0.5, 0.6) is 5.75 Å². The van der Waals surface area contributed by atoms with Crippen molar-refractivity contribution in [3.8, 4) is 5.75 Å². The molecule has 0 bridgehead atoms. The fraction of sp³-hybridized carbons (Fsp3) is 0.235. The first-order valence-corrected chi connectivity index (χ1v) is 7.48. The van der Waals surface area contributed by atoms with Crippen LogP contribution in [0.1, 0.15) is 36.7 Å². The fourth-order valence-corrected chi connectivity index (χ4v) is 2.48. The fourth-order valence-electron chi connectivity index (χ4n) is 2.13. The van der Waals surface area contributed by atoms with Crippen LogP contribution < -0.4 is 5.32 Å². The van der Waals surface area contributed by atoms with E-state index in [0.29, 0.717) is 0 Å². The second-order valence-corrected chi connectivity index (χ2v) is 6.83. The van der Waals surface area contributed by atoms with Gasteiger partial charge in [0, 0.05) is 10.2 Å². The van der Waals surface area contributed by atoms with Gasteiger partial charge in [-0.3, -0.25) is 4.79 Å². The maximum absolute atomic E-state index is 12.3. The molecule has 0 unspecified atom stereocenters. The van der Waals surface area contributed by atoms with Crippen LogP contribution in [0, 0.1) is 0 Å². The molecule has 1 amide bonds. The number of anilines is 1. The highest BCUT2D eigenvalue weighted by atomic mass is 79.9. The Hall–Kier alpha value is -1.81. The maximum atomic E-state index is 12.3. The van der Waals surface area contributed by atoms with Crippen molar-refractivity contribution in [2.24, 2.45) is 0 Å². The smallest absolute Gasteiger partial charge is 0.259 e. The summed E-state index contributed by atoms with van der Waals surface area (Å²) in [6.07, 6.45) is 0. The average Bonchev–Trinajstić information content (AvgIpc) is 2.37. The monoisotopic (exact) mass is 347 g/mol. The highest BCUT2D eigenvalue weighted by Crippen LogP contribution is 2.30. The molecule has 0 spiro atoms. The molecule has 2 rings (SSSR count). The number of rotatable bonds is 2. The van der Waals surface area contributed by atoms with Gasteiger partial charge in [-0.05, 0) is 35.2 Å². The van der Waals surface area contributed by atoms with Crippen LogP contribution in [0.15, 0.2) is 46.9 Å². The number of amides is 1. The zero-order valence-electron chi connectivity index (χ0n) is 12.3. The third-order valence-electron chi connectivity index (χ3n) is 3.19. The Morgan fingerprint density at radius 3 is 2.43 bits per heavy atom. The Morgan fingerprint density at radius 2 is 1.81 bits per heavy atom. The number of aromatic hydroxyl groups is 1. The van der Waals surface area contributed by atoms with E-state index in [4.69, 9.17) is 0 Å². The number of hydrogen-bond donors (Lipinski definition) is 2. The van der Waals surface area contributed by atoms with E-state index in [1.807, 2.05) is 24.3 Å². The van der Waals surface area contributed by atoms with Crippen molar-refractivity contribution in [1.82, 2.24) is 0 Å². The lowest BCUT2D eigenvalue weighted by Crippen LogP contribution is -2.18. The Morgan fingerprint density at radius 1 is 1.14 bits per heavy atom. The lowest BCUT2D eigenvalue weighted by Gasteiger charge is -2.23. The molecule has 0 radical (unpaired) electrons. The molecular weight excluding hydrogens is 330 g/mol. The number of phenols is 1. The summed E-state index contributed by atoms with van der Waals surface area (Å²) in [5.74, 6) is -0.369. The molecule has 2 N–H and O–H groups in total. The molecule has 0 aliphatic rings. The van der Waals surface area contributed by atoms with Gasteiger partial charge in [0.1, 0.15) is 5.75 Å². The minimum Gasteiger partial charge on any atom is -0.507 e. The third-order valence-corrected chi connectivity index (χ3v) is 3.68. The highest BCUT2D eigenvalue weighted by molar-refractivity contribution is 9.10. The number of carbonyl (C=O) groups is 1. The Bertz CT molecular complexity index is 675. The molecule has 0 aliphatic carbocycles. The number of phenolic OH excluding ortho intramolecular Hbond substituents is 1. The van der Waals surface area contributed by atoms with Crippen molar-refractivity contribution in [2.45, 2.75) is 26.2 Å². The van der Waals surface area contributed by atoms with E-state index in [2.05, 4.69) is 42.0 Å². The molecule has 0 fully saturated rings. The molecule has 0 aromatic heterocycles. The summed E-state index contributed by atoms with van der Waals surface area (Å²) in [6, 6.07) is 12.5. The van der Waals surface area contributed by atoms with Crippen molar-refractivity contribution in [1.29, 1.82) is 0 Å². The van der Waals surface area contributed by atoms with E-state index >= 15 is 0 Å². The molecule has 0 aliphatic heterocycles. The average molecular weight is 348 g/mol. The van der Waals surface area contributed by atoms with Crippen LogP contribution in [-0.4, -0.2) is 11.0 Å². The quantitative estimate of drug-likeness (QED) is 0.826. The van der Waals surface area contributed by atoms with Gasteiger partial charge in [0.2, 0.25) is 0 Å². The molecule has 0 heterocycles. The number of para-hydroxylation sites is 1. The van der Waals surface area contributed by atoms with Gasteiger partial charge in [-0.1, -0.05) is 54.9 Å². The number of nitrogens with one attached hydrogen (secondary N) is 1. The summed E-state index contributed by atoms with van der Waals surface area (Å²) in [4.78, 5) is 12.3. The first-order valence-electron chi connectivity index (χ1n) is 6.68. The highest BCUT2D eigenvalue weighted by Gasteiger charge is 2.19. The molecule has 110 valence electrons. The molecular formula is C17H18BrNO2. The molecule has 2 aromatic rings. The van der Waals surface area contributed by atoms with Gasteiger partial charge in [0.15, 0.2) is 0 Å². The van der Waals surface area contributed by atoms with Crippen molar-refractivity contribution in [2.75, 3.05) is 5.32 Å². The normalized spacial score (nSPS) is 11.2. The molecule has 4 heteroatoms. The maximum Gasteiger partial charge on any atom is 0.259 e. The Kier molecular flexibility index (Phi) is 4.37. The van der Waals surface area contributed by atoms with E-state index in [1.165, 1.54) is 6.07 Å². The van der Waals surface area contributed by atoms with Crippen LogP contribution in [0.2, 0.25) is 0 Å². The number of halogens is 1. The van der Waals surface area contributed by atoms with Crippen LogP contribution >= 0.6 is 15.9 Å². The van der Waals surface area contributed by atoms with E-state index in [-0.39, 0.29) is 22.6 Å². The van der Waals surface area contributed by atoms with Crippen molar-refractivity contribution in [3.63, 3.8) is 0 Å². The van der Waals surface area contributed by atoms with Gasteiger partial charge in [0.25, 0.3) is 5.91 Å². The van der Waals surface area contributed by atoms with Crippen molar-refractivity contribution >= 4 is 27.5 Å². The summed E-state index contributed by atoms with van der Waals surface area (Å²) in [6.45, 7) is 6.28. The Labute approximate surface area is 133 Å². The molecule has 3 nitrogen and oxygen atoms in total. The van der Waals surface area contributed by atoms with Gasteiger partial charge in [-0.25, -0.2) is 0 Å². The van der Waals surface area contributed by atoms with E-state index in [9.17, 15) is 9.90 Å². The number of carbonyl (C=O) groups excluding carboxylic acids is 1. The summed E-state index contributed by atoms with van der Waals surface area (Å²) < 4.78 is 0.728. The first kappa shape index (κ1) is 15.6. The Balaban J connectivity index is 2.32. The molecule has 0 saturated heterocycles. The third kappa shape index (κ3) is 3.64. The SMILES string of the molecule is CC(C)(C)c1ccccc1NC(=O)c1ccc(Br)cc1O. The van der Waals surface area contributed by atoms with Gasteiger partial charge in [-0.2, -0.15) is 0 Å². The van der Waals surface area contributed by atoms with Gasteiger partial charge < -0.3 is 10.4 Å². The topological polar surface area (TPSA) is 49.3 Å². The summed E-state index contributed by atoms with van der Waals surface area (Å²) in [5, 5.41) is 12.8. The number of benzene rings is 2. The van der Waals surface area contributed by atoms with Crippen LogP contribution in [0.4, 0.5) is 5.69 Å². The summed E-state index contributed by atoms with van der Waals surface area (Å²) in [5.41, 5.74) is 1.99. The minimum absolute atomic E-state index is 0.0462. The first-order chi connectivity index (χ1) is 9.79. The van der Waals surface area contributed by atoms with E-state index in [0.717, 1.165) is 15.7 Å². The van der Waals surface area contributed by atoms with Crippen LogP contribution in [0.25, 0.3) is 0 Å². The second-order valence-electron chi connectivity index (χ2n) is 5.91. The predicted octanol–water partition coefficient (Wildman–Crippen LogP) is 4.70. The van der Waals surface area contributed by atoms with Crippen LogP contribution in [-0.2, 0) is 5.41 Å². The summed E-state index contributed by atoms with van der Waals surface area (Å²) >= 11 is 3.26. The van der Waals surface area contributed by atoms with E-state index in [1.54, 1.807) is 12.1 Å². The van der Waals surface area contributed by atoms with Gasteiger partial charge in [0.05, 0.1) is 5.56 Å². The molecule has 2 aromatic carbocycles. The van der Waals surface area contributed by atoms with E-state index < -0.39 is 0 Å². The predicted molar refractivity (Wildman–Crippen MR) is 88.9 cm³/mol. The van der Waals surface area contributed by atoms with Gasteiger partial charge in [-0.15, -0.1) is 0 Å². The van der Waals surface area contributed by atoms with Crippen molar-refractivity contribution < 1.29 is 9.90 Å².